The summed E-state index contributed by atoms with van der Waals surface area (Å²) < 4.78 is 73.1. The minimum atomic E-state index is -2.07. The highest BCUT2D eigenvalue weighted by Gasteiger charge is 2.58. The molecule has 13 aliphatic rings. The number of aryl methyl sites for hydroxylation is 1. The first-order valence-electron chi connectivity index (χ1n) is 27.7. The summed E-state index contributed by atoms with van der Waals surface area (Å²) in [5.74, 6) is -1.04. The Balaban J connectivity index is 1.09. The van der Waals surface area contributed by atoms with Gasteiger partial charge in [-0.15, -0.1) is 0 Å². The van der Waals surface area contributed by atoms with Crippen LogP contribution in [0, 0.1) is 5.92 Å². The fourth-order valence-electron chi connectivity index (χ4n) is 11.9. The zero-order valence-corrected chi connectivity index (χ0v) is 44.2. The lowest BCUT2D eigenvalue weighted by molar-refractivity contribution is -0.401. The van der Waals surface area contributed by atoms with E-state index in [0.29, 0.717) is 32.5 Å². The summed E-state index contributed by atoms with van der Waals surface area (Å²) in [5, 5.41) is 174. The molecule has 0 spiro atoms. The summed E-state index contributed by atoms with van der Waals surface area (Å²) >= 11 is 0. The van der Waals surface area contributed by atoms with Gasteiger partial charge in [0.15, 0.2) is 37.7 Å². The Morgan fingerprint density at radius 3 is 1.29 bits per heavy atom. The van der Waals surface area contributed by atoms with Crippen LogP contribution in [0.2, 0.25) is 0 Å². The van der Waals surface area contributed by atoms with Gasteiger partial charge in [-0.3, -0.25) is 0 Å². The van der Waals surface area contributed by atoms with Crippen LogP contribution in [0.15, 0.2) is 30.3 Å². The predicted octanol–water partition coefficient (Wildman–Crippen LogP) is -8.06. The van der Waals surface area contributed by atoms with E-state index in [1.807, 2.05) is 30.3 Å². The first-order chi connectivity index (χ1) is 38.5. The molecule has 0 amide bonds. The van der Waals surface area contributed by atoms with Gasteiger partial charge in [0.05, 0.1) is 38.6 Å². The fraction of sp³-hybridized carbons (Fsp3) is 0.882. The summed E-state index contributed by atoms with van der Waals surface area (Å²) in [7, 11) is 0. The minimum Gasteiger partial charge on any atom is -0.394 e. The number of nitrogens with zero attached hydrogens (tertiary/aromatic N) is 1. The number of aliphatic hydroxyl groups excluding tert-OH is 15. The van der Waals surface area contributed by atoms with Gasteiger partial charge < -0.3 is 144 Å². The number of ether oxygens (including phenoxy) is 12. The van der Waals surface area contributed by atoms with Crippen molar-refractivity contribution in [2.45, 2.75) is 217 Å². The van der Waals surface area contributed by atoms with Crippen LogP contribution in [-0.4, -0.2) is 319 Å². The highest BCUT2D eigenvalue weighted by Crippen LogP contribution is 2.39. The molecule has 80 heavy (non-hydrogen) atoms. The quantitative estimate of drug-likeness (QED) is 0.115. The first kappa shape index (κ1) is 62.6. The molecule has 16 N–H and O–H groups in total. The van der Waals surface area contributed by atoms with E-state index >= 15 is 0 Å². The monoisotopic (exact) mass is 1150 g/mol. The summed E-state index contributed by atoms with van der Waals surface area (Å²) in [4.78, 5) is 2.19. The highest BCUT2D eigenvalue weighted by atomic mass is 16.8. The van der Waals surface area contributed by atoms with E-state index in [1.165, 1.54) is 6.92 Å². The van der Waals surface area contributed by atoms with E-state index in [0.717, 1.165) is 18.4 Å². The van der Waals surface area contributed by atoms with Crippen LogP contribution in [0.3, 0.4) is 0 Å². The van der Waals surface area contributed by atoms with Gasteiger partial charge in [-0.1, -0.05) is 37.3 Å². The maximum Gasteiger partial charge on any atom is 0.187 e. The van der Waals surface area contributed by atoms with Gasteiger partial charge in [-0.05, 0) is 50.8 Å². The summed E-state index contributed by atoms with van der Waals surface area (Å²) in [6, 6.07) is 9.90. The lowest BCUT2D eigenvalue weighted by atomic mass is 9.89. The van der Waals surface area contributed by atoms with Gasteiger partial charge in [-0.25, -0.2) is 0 Å². The fourth-order valence-corrected chi connectivity index (χ4v) is 11.9. The molecule has 13 fully saturated rings. The molecule has 29 nitrogen and oxygen atoms in total. The van der Waals surface area contributed by atoms with Crippen molar-refractivity contribution in [1.29, 1.82) is 0 Å². The number of hydrogen-bond donors (Lipinski definition) is 16. The van der Waals surface area contributed by atoms with Crippen LogP contribution in [0.4, 0.5) is 0 Å². The average Bonchev–Trinajstić information content (AvgIpc) is 3.56. The Bertz CT molecular complexity index is 1900. The molecule has 12 bridgehead atoms. The van der Waals surface area contributed by atoms with Crippen molar-refractivity contribution in [3.8, 4) is 0 Å². The standard InChI is InChI=1S/C51H82N2O27/c1-21-29(58)46-71-25(17-54)40(21)75-49-37(66)32(61)44(26(18-55)72-49)79-48-36(65)31(60)42-24(70-48)16-52-12-15-53(14-7-10-22-8-3-2-4-9-22)13-6-5-11-23-41(76-46)30(59)35(64)47(69-23)78-43-27(19-56)74-51(39(68)34(43)63)80-45-28(20-57)73-50(77-42)38(67)33(45)62/h2-4,8-9,21,23-52,54-68H,5-7,10-20H2,1H3/t21?,23-,24-,25-,26-,27-,28-,29?,30?,31?,32?,33?,34?,35?,36?,37?,38?,39?,40+,41-,42-,43-,44-,45-,46-,47-,48-,49-,50-,51-/m1/s1. The van der Waals surface area contributed by atoms with Gasteiger partial charge in [0.1, 0.15) is 128 Å². The largest absolute Gasteiger partial charge is 0.394 e. The molecule has 29 heteroatoms. The molecular formula is C51H82N2O27. The van der Waals surface area contributed by atoms with Gasteiger partial charge in [0.2, 0.25) is 0 Å². The highest BCUT2D eigenvalue weighted by molar-refractivity contribution is 5.14. The third-order valence-corrected chi connectivity index (χ3v) is 16.6. The lowest BCUT2D eigenvalue weighted by Crippen LogP contribution is -2.68. The zero-order chi connectivity index (χ0) is 57.1. The lowest BCUT2D eigenvalue weighted by Gasteiger charge is -2.51. The van der Waals surface area contributed by atoms with Crippen molar-refractivity contribution < 1.29 is 133 Å². The molecule has 0 aliphatic carbocycles. The van der Waals surface area contributed by atoms with E-state index in [2.05, 4.69) is 10.2 Å². The Kier molecular flexibility index (Phi) is 21.9. The molecule has 0 saturated carbocycles. The van der Waals surface area contributed by atoms with Gasteiger partial charge >= 0.3 is 0 Å². The van der Waals surface area contributed by atoms with Crippen LogP contribution in [0.1, 0.15) is 38.2 Å². The second-order valence-electron chi connectivity index (χ2n) is 22.0. The molecule has 13 aliphatic heterocycles. The molecule has 12 unspecified atom stereocenters. The predicted molar refractivity (Wildman–Crippen MR) is 263 cm³/mol. The first-order valence-corrected chi connectivity index (χ1v) is 27.7. The van der Waals surface area contributed by atoms with E-state index in [4.69, 9.17) is 56.8 Å². The number of aliphatic hydroxyl groups is 15. The Morgan fingerprint density at radius 2 is 0.812 bits per heavy atom. The summed E-state index contributed by atoms with van der Waals surface area (Å²) in [5.41, 5.74) is 1.13. The number of rotatable bonds is 8. The van der Waals surface area contributed by atoms with Crippen molar-refractivity contribution in [2.24, 2.45) is 5.92 Å². The van der Waals surface area contributed by atoms with Crippen LogP contribution in [0.5, 0.6) is 0 Å². The topological polar surface area (TPSA) is 429 Å². The molecule has 30 atom stereocenters. The van der Waals surface area contributed by atoms with E-state index in [-0.39, 0.29) is 19.5 Å². The molecule has 0 radical (unpaired) electrons. The molecule has 13 saturated heterocycles. The normalized spacial score (nSPS) is 49.5. The van der Waals surface area contributed by atoms with Crippen LogP contribution in [0.25, 0.3) is 0 Å². The van der Waals surface area contributed by atoms with Gasteiger partial charge in [-0.2, -0.15) is 0 Å². The smallest absolute Gasteiger partial charge is 0.187 e. The van der Waals surface area contributed by atoms with Crippen molar-refractivity contribution in [3.05, 3.63) is 35.9 Å². The van der Waals surface area contributed by atoms with Crippen molar-refractivity contribution in [3.63, 3.8) is 0 Å². The van der Waals surface area contributed by atoms with E-state index in [1.54, 1.807) is 0 Å². The number of nitrogens with one attached hydrogen (secondary N) is 1. The molecule has 14 rings (SSSR count). The van der Waals surface area contributed by atoms with Crippen LogP contribution in [-0.2, 0) is 63.3 Å². The van der Waals surface area contributed by atoms with Crippen molar-refractivity contribution in [1.82, 2.24) is 10.2 Å². The summed E-state index contributed by atoms with van der Waals surface area (Å²) in [6.45, 7) is -0.329. The SMILES string of the molecule is CC1C(O)[C@@H]2O[C@H](CO)[C@H]1O[C@H]1O[C@H](CO)[C@@H](O[C@H]3O[C@@H]4CNCCN(CCCc5ccccc5)CCCC[C@H]5O[C@H](O[C@H]6C(O)C(O)[C@H](O[C@@H]6CO)O[C@H]6C(O)C(O)[C@H](O[C@@H]6CO)O[C@H]4C(O)C3O)C(O)C(O)[C@@H]5O2)C(O)C1O. The number of fused-ring (bicyclic) bond motifs is 2. The average molecular weight is 1160 g/mol. The third-order valence-electron chi connectivity index (χ3n) is 16.6. The second-order valence-corrected chi connectivity index (χ2v) is 22.0. The third kappa shape index (κ3) is 13.5. The minimum absolute atomic E-state index is 0.109. The molecule has 0 aromatic heterocycles. The van der Waals surface area contributed by atoms with Crippen molar-refractivity contribution >= 4 is 0 Å². The molecular weight excluding hydrogens is 1070 g/mol. The summed E-state index contributed by atoms with van der Waals surface area (Å²) in [6.07, 6.45) is -48.3. The van der Waals surface area contributed by atoms with Crippen molar-refractivity contribution in [2.75, 3.05) is 59.2 Å². The van der Waals surface area contributed by atoms with Gasteiger partial charge in [0, 0.05) is 25.6 Å². The Morgan fingerprint density at radius 1 is 0.425 bits per heavy atom. The number of hydrogen-bond acceptors (Lipinski definition) is 29. The van der Waals surface area contributed by atoms with E-state index < -0.39 is 210 Å². The maximum absolute atomic E-state index is 12.0. The van der Waals surface area contributed by atoms with Crippen LogP contribution < -0.4 is 5.32 Å². The molecule has 1 aromatic carbocycles. The Labute approximate surface area is 460 Å². The second kappa shape index (κ2) is 28.1. The maximum atomic E-state index is 12.0. The molecule has 458 valence electrons. The zero-order valence-electron chi connectivity index (χ0n) is 44.2. The number of benzene rings is 1. The Hall–Kier alpha value is -1.94. The van der Waals surface area contributed by atoms with E-state index in [9.17, 15) is 76.6 Å². The van der Waals surface area contributed by atoms with Crippen LogP contribution >= 0.6 is 0 Å². The van der Waals surface area contributed by atoms with Gasteiger partial charge in [0.25, 0.3) is 0 Å². The molecule has 1 aromatic rings. The molecule has 13 heterocycles.